The van der Waals surface area contributed by atoms with Crippen LogP contribution in [-0.2, 0) is 10.0 Å². The first-order valence-corrected chi connectivity index (χ1v) is 9.29. The lowest BCUT2D eigenvalue weighted by Gasteiger charge is -2.15. The van der Waals surface area contributed by atoms with E-state index in [1.165, 1.54) is 21.8 Å². The zero-order valence-electron chi connectivity index (χ0n) is 10.8. The van der Waals surface area contributed by atoms with Gasteiger partial charge in [-0.2, -0.15) is 4.31 Å². The van der Waals surface area contributed by atoms with Crippen LogP contribution in [0.25, 0.3) is 0 Å². The van der Waals surface area contributed by atoms with Crippen LogP contribution in [0.5, 0.6) is 5.88 Å². The highest BCUT2D eigenvalue weighted by molar-refractivity contribution is 9.11. The van der Waals surface area contributed by atoms with Crippen molar-refractivity contribution in [2.24, 2.45) is 0 Å². The molecular formula is C12H12BrN3O3S2. The Morgan fingerprint density at radius 2 is 2.24 bits per heavy atom. The van der Waals surface area contributed by atoms with E-state index >= 15 is 0 Å². The van der Waals surface area contributed by atoms with Crippen molar-refractivity contribution in [3.05, 3.63) is 34.5 Å². The number of thiophene rings is 1. The predicted octanol–water partition coefficient (Wildman–Crippen LogP) is 2.14. The van der Waals surface area contributed by atoms with Crippen molar-refractivity contribution in [3.63, 3.8) is 0 Å². The van der Waals surface area contributed by atoms with Gasteiger partial charge in [0.15, 0.2) is 0 Å². The van der Waals surface area contributed by atoms with Gasteiger partial charge < -0.3 is 4.74 Å². The molecule has 0 aromatic carbocycles. The van der Waals surface area contributed by atoms with Crippen LogP contribution in [0.4, 0.5) is 0 Å². The van der Waals surface area contributed by atoms with Gasteiger partial charge >= 0.3 is 0 Å². The molecule has 1 aliphatic rings. The molecule has 0 amide bonds. The Bertz CT molecular complexity index is 720. The molecule has 112 valence electrons. The fourth-order valence-electron chi connectivity index (χ4n) is 2.09. The largest absolute Gasteiger partial charge is 0.472 e. The highest BCUT2D eigenvalue weighted by Crippen LogP contribution is 2.30. The monoisotopic (exact) mass is 389 g/mol. The zero-order valence-corrected chi connectivity index (χ0v) is 14.1. The molecule has 0 bridgehead atoms. The van der Waals surface area contributed by atoms with E-state index in [2.05, 4.69) is 25.9 Å². The number of aromatic nitrogens is 2. The second-order valence-corrected chi connectivity index (χ2v) is 9.12. The van der Waals surface area contributed by atoms with E-state index in [-0.39, 0.29) is 6.10 Å². The summed E-state index contributed by atoms with van der Waals surface area (Å²) < 4.78 is 33.2. The molecule has 3 heterocycles. The van der Waals surface area contributed by atoms with Crippen molar-refractivity contribution in [1.82, 2.24) is 14.3 Å². The van der Waals surface area contributed by atoms with Crippen molar-refractivity contribution in [2.45, 2.75) is 16.7 Å². The maximum Gasteiger partial charge on any atom is 0.252 e. The molecule has 21 heavy (non-hydrogen) atoms. The first-order chi connectivity index (χ1) is 10.1. The van der Waals surface area contributed by atoms with Crippen LogP contribution < -0.4 is 4.74 Å². The van der Waals surface area contributed by atoms with E-state index in [0.717, 1.165) is 3.79 Å². The summed E-state index contributed by atoms with van der Waals surface area (Å²) in [6.07, 6.45) is 5.07. The van der Waals surface area contributed by atoms with Crippen molar-refractivity contribution < 1.29 is 13.2 Å². The normalized spacial score (nSPS) is 19.8. The molecule has 1 saturated heterocycles. The third-order valence-corrected chi connectivity index (χ3v) is 7.03. The Balaban J connectivity index is 1.69. The van der Waals surface area contributed by atoms with Crippen LogP contribution >= 0.6 is 27.3 Å². The standard InChI is InChI=1S/C12H12BrN3O3S2/c13-10-1-2-12(20-10)21(17,18)16-6-3-9(8-16)19-11-7-14-4-5-15-11/h1-2,4-5,7,9H,3,6,8H2/t9-/m1/s1. The maximum absolute atomic E-state index is 12.5. The molecule has 1 atom stereocenters. The molecule has 0 radical (unpaired) electrons. The molecule has 2 aromatic heterocycles. The molecule has 0 spiro atoms. The molecule has 2 aromatic rings. The Morgan fingerprint density at radius 1 is 1.38 bits per heavy atom. The van der Waals surface area contributed by atoms with Crippen LogP contribution in [0.2, 0.25) is 0 Å². The molecule has 9 heteroatoms. The molecular weight excluding hydrogens is 378 g/mol. The summed E-state index contributed by atoms with van der Waals surface area (Å²) in [6, 6.07) is 3.35. The number of rotatable bonds is 4. The predicted molar refractivity (Wildman–Crippen MR) is 81.8 cm³/mol. The second-order valence-electron chi connectivity index (χ2n) is 4.49. The third kappa shape index (κ3) is 3.25. The summed E-state index contributed by atoms with van der Waals surface area (Å²) in [6.45, 7) is 0.775. The average Bonchev–Trinajstić information content (AvgIpc) is 3.10. The molecule has 6 nitrogen and oxygen atoms in total. The van der Waals surface area contributed by atoms with Gasteiger partial charge in [-0.3, -0.25) is 4.98 Å². The molecule has 1 fully saturated rings. The lowest BCUT2D eigenvalue weighted by molar-refractivity contribution is 0.206. The Labute approximate surface area is 135 Å². The first-order valence-electron chi connectivity index (χ1n) is 6.24. The van der Waals surface area contributed by atoms with Gasteiger partial charge in [0.2, 0.25) is 5.88 Å². The van der Waals surface area contributed by atoms with Crippen LogP contribution in [0.15, 0.2) is 38.7 Å². The first kappa shape index (κ1) is 14.9. The summed E-state index contributed by atoms with van der Waals surface area (Å²) in [5, 5.41) is 0. The number of nitrogens with zero attached hydrogens (tertiary/aromatic N) is 3. The zero-order chi connectivity index (χ0) is 14.9. The van der Waals surface area contributed by atoms with Gasteiger partial charge in [0, 0.05) is 18.9 Å². The van der Waals surface area contributed by atoms with Crippen LogP contribution in [0.1, 0.15) is 6.42 Å². The van der Waals surface area contributed by atoms with Gasteiger partial charge in [0.25, 0.3) is 10.0 Å². The SMILES string of the molecule is O=S(=O)(c1ccc(Br)s1)N1CC[C@@H](Oc2cnccn2)C1. The molecule has 3 rings (SSSR count). The minimum absolute atomic E-state index is 0.195. The van der Waals surface area contributed by atoms with E-state index in [4.69, 9.17) is 4.74 Å². The Morgan fingerprint density at radius 3 is 2.90 bits per heavy atom. The van der Waals surface area contributed by atoms with Gasteiger partial charge in [-0.05, 0) is 34.5 Å². The van der Waals surface area contributed by atoms with Crippen molar-refractivity contribution in [3.8, 4) is 5.88 Å². The molecule has 1 aliphatic heterocycles. The summed E-state index contributed by atoms with van der Waals surface area (Å²) in [5.74, 6) is 0.417. The van der Waals surface area contributed by atoms with Crippen molar-refractivity contribution >= 4 is 37.3 Å². The number of hydrogen-bond donors (Lipinski definition) is 0. The number of sulfonamides is 1. The summed E-state index contributed by atoms with van der Waals surface area (Å²) in [5.41, 5.74) is 0. The van der Waals surface area contributed by atoms with Crippen molar-refractivity contribution in [1.29, 1.82) is 0 Å². The Hall–Kier alpha value is -1.03. The van der Waals surface area contributed by atoms with Crippen LogP contribution in [0, 0.1) is 0 Å². The smallest absolute Gasteiger partial charge is 0.252 e. The van der Waals surface area contributed by atoms with E-state index in [1.807, 2.05) is 0 Å². The highest BCUT2D eigenvalue weighted by Gasteiger charge is 2.34. The number of ether oxygens (including phenoxy) is 1. The quantitative estimate of drug-likeness (QED) is 0.800. The van der Waals surface area contributed by atoms with Gasteiger partial charge in [-0.1, -0.05) is 0 Å². The minimum atomic E-state index is -3.44. The minimum Gasteiger partial charge on any atom is -0.472 e. The Kier molecular flexibility index (Phi) is 4.25. The second kappa shape index (κ2) is 5.99. The van der Waals surface area contributed by atoms with Crippen LogP contribution in [-0.4, -0.2) is 41.9 Å². The topological polar surface area (TPSA) is 72.4 Å². The fraction of sp³-hybridized carbons (Fsp3) is 0.333. The highest BCUT2D eigenvalue weighted by atomic mass is 79.9. The molecule has 0 N–H and O–H groups in total. The van der Waals surface area contributed by atoms with E-state index in [9.17, 15) is 8.42 Å². The fourth-order valence-corrected chi connectivity index (χ4v) is 5.74. The van der Waals surface area contributed by atoms with E-state index in [0.29, 0.717) is 29.6 Å². The summed E-state index contributed by atoms with van der Waals surface area (Å²) in [7, 11) is -3.44. The number of hydrogen-bond acceptors (Lipinski definition) is 6. The van der Waals surface area contributed by atoms with Gasteiger partial charge in [-0.15, -0.1) is 11.3 Å². The molecule has 0 unspecified atom stereocenters. The van der Waals surface area contributed by atoms with Gasteiger partial charge in [-0.25, -0.2) is 13.4 Å². The summed E-state index contributed by atoms with van der Waals surface area (Å²) in [4.78, 5) is 7.96. The molecule has 0 aliphatic carbocycles. The van der Waals surface area contributed by atoms with E-state index in [1.54, 1.807) is 24.5 Å². The van der Waals surface area contributed by atoms with Gasteiger partial charge in [0.1, 0.15) is 10.3 Å². The van der Waals surface area contributed by atoms with E-state index < -0.39 is 10.0 Å². The van der Waals surface area contributed by atoms with Gasteiger partial charge in [0.05, 0.1) is 16.5 Å². The lowest BCUT2D eigenvalue weighted by atomic mass is 10.3. The molecule has 0 saturated carbocycles. The average molecular weight is 390 g/mol. The number of halogens is 1. The lowest BCUT2D eigenvalue weighted by Crippen LogP contribution is -2.30. The maximum atomic E-state index is 12.5. The summed E-state index contributed by atoms with van der Waals surface area (Å²) >= 11 is 4.50. The van der Waals surface area contributed by atoms with Crippen LogP contribution in [0.3, 0.4) is 0 Å². The third-order valence-electron chi connectivity index (χ3n) is 3.08. The van der Waals surface area contributed by atoms with Crippen molar-refractivity contribution in [2.75, 3.05) is 13.1 Å².